The molecule has 146 valence electrons. The van der Waals surface area contributed by atoms with Crippen molar-refractivity contribution in [3.8, 4) is 11.5 Å². The molecule has 4 rings (SSSR count). The van der Waals surface area contributed by atoms with Crippen molar-refractivity contribution in [3.63, 3.8) is 0 Å². The first-order valence-corrected chi connectivity index (χ1v) is 9.94. The van der Waals surface area contributed by atoms with E-state index in [1.54, 1.807) is 12.1 Å². The topological polar surface area (TPSA) is 70.1 Å². The highest BCUT2D eigenvalue weighted by Gasteiger charge is 2.43. The Balaban J connectivity index is 1.47. The number of piperidine rings is 2. The molecule has 1 saturated carbocycles. The third-order valence-corrected chi connectivity index (χ3v) is 6.30. The second kappa shape index (κ2) is 7.06. The van der Waals surface area contributed by atoms with Crippen LogP contribution >= 0.6 is 0 Å². The number of carbonyl (C=O) groups excluding carboxylic acids is 2. The second-order valence-electron chi connectivity index (χ2n) is 8.43. The van der Waals surface area contributed by atoms with Crippen LogP contribution in [0.4, 0.5) is 0 Å². The predicted octanol–water partition coefficient (Wildman–Crippen LogP) is 2.66. The molecule has 3 aliphatic rings. The van der Waals surface area contributed by atoms with Gasteiger partial charge >= 0.3 is 0 Å². The van der Waals surface area contributed by atoms with Crippen LogP contribution < -0.4 is 4.74 Å². The molecule has 1 N–H and O–H groups in total. The molecule has 6 nitrogen and oxygen atoms in total. The fraction of sp³-hybridized carbons (Fsp3) is 0.619. The number of methoxy groups -OCH3 is 1. The largest absolute Gasteiger partial charge is 0.504 e. The van der Waals surface area contributed by atoms with Gasteiger partial charge in [-0.25, -0.2) is 0 Å². The Morgan fingerprint density at radius 1 is 1.30 bits per heavy atom. The third-order valence-electron chi connectivity index (χ3n) is 6.30. The van der Waals surface area contributed by atoms with Gasteiger partial charge in [0, 0.05) is 43.6 Å². The van der Waals surface area contributed by atoms with Crippen molar-refractivity contribution < 1.29 is 19.4 Å². The number of likely N-dealkylation sites (tertiary alicyclic amines) is 2. The summed E-state index contributed by atoms with van der Waals surface area (Å²) in [5.41, 5.74) is 0.498. The minimum Gasteiger partial charge on any atom is -0.504 e. The number of amides is 2. The Morgan fingerprint density at radius 3 is 2.81 bits per heavy atom. The smallest absolute Gasteiger partial charge is 0.254 e. The lowest BCUT2D eigenvalue weighted by molar-refractivity contribution is -0.139. The van der Waals surface area contributed by atoms with Crippen molar-refractivity contribution in [2.24, 2.45) is 11.3 Å². The Hall–Kier alpha value is -2.24. The summed E-state index contributed by atoms with van der Waals surface area (Å²) in [5.74, 6) is 1.25. The van der Waals surface area contributed by atoms with Gasteiger partial charge in [-0.1, -0.05) is 0 Å². The number of hydrogen-bond donors (Lipinski definition) is 1. The number of aromatic hydroxyl groups is 1. The van der Waals surface area contributed by atoms with Crippen LogP contribution in [0.2, 0.25) is 0 Å². The Morgan fingerprint density at radius 2 is 2.11 bits per heavy atom. The van der Waals surface area contributed by atoms with Gasteiger partial charge in [-0.3, -0.25) is 9.59 Å². The minimum atomic E-state index is -0.0577. The molecular weight excluding hydrogens is 344 g/mol. The minimum absolute atomic E-state index is 0.0191. The molecule has 2 saturated heterocycles. The molecule has 0 unspecified atom stereocenters. The van der Waals surface area contributed by atoms with Crippen LogP contribution in [0, 0.1) is 11.3 Å². The molecule has 1 aromatic rings. The summed E-state index contributed by atoms with van der Waals surface area (Å²) in [5, 5.41) is 9.99. The first kappa shape index (κ1) is 18.1. The van der Waals surface area contributed by atoms with Gasteiger partial charge in [-0.2, -0.15) is 0 Å². The van der Waals surface area contributed by atoms with E-state index in [4.69, 9.17) is 4.74 Å². The molecule has 2 aliphatic heterocycles. The number of ether oxygens (including phenoxy) is 1. The number of carbonyl (C=O) groups is 2. The highest BCUT2D eigenvalue weighted by atomic mass is 16.5. The summed E-state index contributed by atoms with van der Waals surface area (Å²) in [6, 6.07) is 4.80. The van der Waals surface area contributed by atoms with Crippen molar-refractivity contribution in [2.45, 2.75) is 38.5 Å². The van der Waals surface area contributed by atoms with E-state index in [0.717, 1.165) is 38.9 Å². The van der Waals surface area contributed by atoms with Crippen LogP contribution in [-0.2, 0) is 4.79 Å². The summed E-state index contributed by atoms with van der Waals surface area (Å²) >= 11 is 0. The lowest BCUT2D eigenvalue weighted by atomic mass is 9.73. The summed E-state index contributed by atoms with van der Waals surface area (Å²) in [7, 11) is 1.49. The van der Waals surface area contributed by atoms with E-state index in [-0.39, 0.29) is 23.0 Å². The monoisotopic (exact) mass is 372 g/mol. The molecule has 2 amide bonds. The summed E-state index contributed by atoms with van der Waals surface area (Å²) in [4.78, 5) is 29.3. The molecule has 1 spiro atoms. The molecular formula is C21H28N2O4. The highest BCUT2D eigenvalue weighted by molar-refractivity contribution is 5.95. The third kappa shape index (κ3) is 3.75. The van der Waals surface area contributed by atoms with Crippen LogP contribution in [0.3, 0.4) is 0 Å². The number of benzene rings is 1. The fourth-order valence-corrected chi connectivity index (χ4v) is 4.60. The van der Waals surface area contributed by atoms with E-state index in [0.29, 0.717) is 30.2 Å². The van der Waals surface area contributed by atoms with E-state index in [2.05, 4.69) is 0 Å². The van der Waals surface area contributed by atoms with Gasteiger partial charge in [0.05, 0.1) is 7.11 Å². The maximum atomic E-state index is 13.0. The average Bonchev–Trinajstić information content (AvgIpc) is 3.48. The molecule has 1 atom stereocenters. The molecule has 27 heavy (non-hydrogen) atoms. The molecule has 1 aliphatic carbocycles. The first-order chi connectivity index (χ1) is 13.0. The Labute approximate surface area is 160 Å². The standard InChI is InChI=1S/C21H28N2O4/c1-27-18-6-5-16(11-17(18)24)20(26)22-10-2-8-21(13-22)9-7-19(25)23(14-21)12-15-3-4-15/h5-6,11,15,24H,2-4,7-10,12-14H2,1H3/t21-/m1/s1. The molecule has 3 fully saturated rings. The molecule has 0 aromatic heterocycles. The second-order valence-corrected chi connectivity index (χ2v) is 8.43. The number of hydrogen-bond acceptors (Lipinski definition) is 4. The first-order valence-electron chi connectivity index (χ1n) is 9.94. The summed E-state index contributed by atoms with van der Waals surface area (Å²) < 4.78 is 5.06. The molecule has 1 aromatic carbocycles. The van der Waals surface area contributed by atoms with Crippen LogP contribution in [0.5, 0.6) is 11.5 Å². The average molecular weight is 372 g/mol. The zero-order valence-electron chi connectivity index (χ0n) is 15.9. The molecule has 2 heterocycles. The van der Waals surface area contributed by atoms with Gasteiger partial charge in [0.15, 0.2) is 11.5 Å². The van der Waals surface area contributed by atoms with Crippen LogP contribution in [0.1, 0.15) is 48.9 Å². The van der Waals surface area contributed by atoms with E-state index >= 15 is 0 Å². The van der Waals surface area contributed by atoms with Gasteiger partial charge in [0.25, 0.3) is 5.91 Å². The lowest BCUT2D eigenvalue weighted by Crippen LogP contribution is -2.55. The Bertz CT molecular complexity index is 746. The van der Waals surface area contributed by atoms with Crippen LogP contribution in [0.25, 0.3) is 0 Å². The quantitative estimate of drug-likeness (QED) is 0.882. The van der Waals surface area contributed by atoms with Crippen molar-refractivity contribution in [1.29, 1.82) is 0 Å². The Kier molecular flexibility index (Phi) is 4.74. The molecule has 0 radical (unpaired) electrons. The number of phenols is 1. The van der Waals surface area contributed by atoms with Gasteiger partial charge in [-0.05, 0) is 56.2 Å². The maximum absolute atomic E-state index is 13.0. The zero-order valence-corrected chi connectivity index (χ0v) is 15.9. The summed E-state index contributed by atoms with van der Waals surface area (Å²) in [6.07, 6.45) is 5.96. The SMILES string of the molecule is COc1ccc(C(=O)N2CCC[C@@]3(CCC(=O)N(CC4CC4)C3)C2)cc1O. The van der Waals surface area contributed by atoms with Crippen molar-refractivity contribution in [1.82, 2.24) is 9.80 Å². The van der Waals surface area contributed by atoms with Crippen molar-refractivity contribution in [3.05, 3.63) is 23.8 Å². The van der Waals surface area contributed by atoms with Crippen LogP contribution in [-0.4, -0.2) is 60.0 Å². The molecule has 6 heteroatoms. The van der Waals surface area contributed by atoms with Gasteiger partial charge in [0.1, 0.15) is 0 Å². The van der Waals surface area contributed by atoms with E-state index in [1.165, 1.54) is 26.0 Å². The predicted molar refractivity (Wildman–Crippen MR) is 101 cm³/mol. The molecule has 0 bridgehead atoms. The van der Waals surface area contributed by atoms with Crippen molar-refractivity contribution in [2.75, 3.05) is 33.3 Å². The van der Waals surface area contributed by atoms with E-state index < -0.39 is 0 Å². The number of nitrogens with zero attached hydrogens (tertiary/aromatic N) is 2. The summed E-state index contributed by atoms with van der Waals surface area (Å²) in [6.45, 7) is 3.08. The van der Waals surface area contributed by atoms with Gasteiger partial charge in [0.2, 0.25) is 5.91 Å². The van der Waals surface area contributed by atoms with E-state index in [1.807, 2.05) is 9.80 Å². The van der Waals surface area contributed by atoms with Crippen LogP contribution in [0.15, 0.2) is 18.2 Å². The number of phenolic OH excluding ortho intramolecular Hbond substituents is 1. The van der Waals surface area contributed by atoms with E-state index in [9.17, 15) is 14.7 Å². The lowest BCUT2D eigenvalue weighted by Gasteiger charge is -2.48. The van der Waals surface area contributed by atoms with Gasteiger partial charge in [-0.15, -0.1) is 0 Å². The normalized spacial score (nSPS) is 25.7. The number of rotatable bonds is 4. The highest BCUT2D eigenvalue weighted by Crippen LogP contribution is 2.41. The fourth-order valence-electron chi connectivity index (χ4n) is 4.60. The maximum Gasteiger partial charge on any atom is 0.254 e. The van der Waals surface area contributed by atoms with Crippen molar-refractivity contribution >= 4 is 11.8 Å². The van der Waals surface area contributed by atoms with Gasteiger partial charge < -0.3 is 19.6 Å². The zero-order chi connectivity index (χ0) is 19.0.